The number of nitrogens with zero attached hydrogens (tertiary/aromatic N) is 2. The topological polar surface area (TPSA) is 79.5 Å². The van der Waals surface area contributed by atoms with Crippen LogP contribution in [0.25, 0.3) is 0 Å². The second-order valence-corrected chi connectivity index (χ2v) is 5.20. The molecule has 19 heavy (non-hydrogen) atoms. The molecule has 1 aliphatic carbocycles. The lowest BCUT2D eigenvalue weighted by molar-refractivity contribution is 0.0619. The molecule has 0 saturated heterocycles. The Morgan fingerprint density at radius 3 is 2.89 bits per heavy atom. The first-order valence-corrected chi connectivity index (χ1v) is 6.74. The van der Waals surface area contributed by atoms with Crippen LogP contribution in [0.3, 0.4) is 0 Å². The van der Waals surface area contributed by atoms with Crippen LogP contribution < -0.4 is 5.73 Å². The van der Waals surface area contributed by atoms with E-state index >= 15 is 0 Å². The van der Waals surface area contributed by atoms with E-state index in [2.05, 4.69) is 4.98 Å². The van der Waals surface area contributed by atoms with Gasteiger partial charge in [0, 0.05) is 19.3 Å². The minimum absolute atomic E-state index is 0.0123. The second-order valence-electron chi connectivity index (χ2n) is 5.20. The van der Waals surface area contributed by atoms with E-state index in [9.17, 15) is 9.90 Å². The summed E-state index contributed by atoms with van der Waals surface area (Å²) in [6, 6.07) is 1.64. The summed E-state index contributed by atoms with van der Waals surface area (Å²) in [5.41, 5.74) is 6.22. The zero-order valence-electron chi connectivity index (χ0n) is 11.2. The average Bonchev–Trinajstić information content (AvgIpc) is 2.45. The molecular weight excluding hydrogens is 242 g/mol. The minimum atomic E-state index is -0.103. The summed E-state index contributed by atoms with van der Waals surface area (Å²) >= 11 is 0. The van der Waals surface area contributed by atoms with E-state index in [1.807, 2.05) is 7.05 Å². The summed E-state index contributed by atoms with van der Waals surface area (Å²) in [7, 11) is 1.81. The molecule has 5 heteroatoms. The highest BCUT2D eigenvalue weighted by Crippen LogP contribution is 2.28. The van der Waals surface area contributed by atoms with Crippen LogP contribution in [-0.4, -0.2) is 40.5 Å². The molecule has 0 aliphatic heterocycles. The lowest BCUT2D eigenvalue weighted by Crippen LogP contribution is -2.45. The number of hydrogen-bond donors (Lipinski definition) is 2. The van der Waals surface area contributed by atoms with Gasteiger partial charge in [-0.15, -0.1) is 0 Å². The maximum atomic E-state index is 12.4. The van der Waals surface area contributed by atoms with Crippen molar-refractivity contribution in [1.82, 2.24) is 9.88 Å². The van der Waals surface area contributed by atoms with Gasteiger partial charge < -0.3 is 15.7 Å². The maximum absolute atomic E-state index is 12.4. The first-order valence-electron chi connectivity index (χ1n) is 6.74. The van der Waals surface area contributed by atoms with Gasteiger partial charge in [0.1, 0.15) is 5.75 Å². The number of aromatic hydroxyl groups is 1. The van der Waals surface area contributed by atoms with Gasteiger partial charge in [0.2, 0.25) is 0 Å². The Hall–Kier alpha value is -1.62. The highest BCUT2D eigenvalue weighted by atomic mass is 16.3. The molecule has 1 amide bonds. The fourth-order valence-electron chi connectivity index (χ4n) is 2.87. The molecule has 0 radical (unpaired) electrons. The number of pyridine rings is 1. The normalized spacial score (nSPS) is 23.1. The molecule has 1 saturated carbocycles. The number of rotatable bonds is 3. The third kappa shape index (κ3) is 3.04. The summed E-state index contributed by atoms with van der Waals surface area (Å²) in [4.78, 5) is 18.0. The Balaban J connectivity index is 2.13. The van der Waals surface area contributed by atoms with Crippen molar-refractivity contribution < 1.29 is 9.90 Å². The lowest BCUT2D eigenvalue weighted by Gasteiger charge is -2.37. The van der Waals surface area contributed by atoms with Crippen LogP contribution in [0.2, 0.25) is 0 Å². The van der Waals surface area contributed by atoms with Gasteiger partial charge in [-0.3, -0.25) is 9.78 Å². The zero-order valence-corrected chi connectivity index (χ0v) is 11.2. The molecule has 104 valence electrons. The average molecular weight is 263 g/mol. The maximum Gasteiger partial charge on any atom is 0.255 e. The van der Waals surface area contributed by atoms with Gasteiger partial charge in [-0.1, -0.05) is 12.8 Å². The van der Waals surface area contributed by atoms with Gasteiger partial charge in [-0.05, 0) is 31.4 Å². The Morgan fingerprint density at radius 2 is 2.21 bits per heavy atom. The Morgan fingerprint density at radius 1 is 1.47 bits per heavy atom. The molecule has 1 aromatic heterocycles. The lowest BCUT2D eigenvalue weighted by atomic mass is 9.83. The molecule has 2 unspecified atom stereocenters. The van der Waals surface area contributed by atoms with Crippen molar-refractivity contribution in [2.45, 2.75) is 31.7 Å². The second kappa shape index (κ2) is 6.02. The SMILES string of the molecule is CN(C(=O)c1cncc(O)c1)C1CCCCC1CN. The summed E-state index contributed by atoms with van der Waals surface area (Å²) in [6.45, 7) is 0.612. The van der Waals surface area contributed by atoms with Crippen LogP contribution in [0.4, 0.5) is 0 Å². The van der Waals surface area contributed by atoms with Gasteiger partial charge >= 0.3 is 0 Å². The summed E-state index contributed by atoms with van der Waals surface area (Å²) in [5, 5.41) is 9.40. The third-order valence-corrected chi connectivity index (χ3v) is 3.96. The quantitative estimate of drug-likeness (QED) is 0.863. The Labute approximate surface area is 113 Å². The van der Waals surface area contributed by atoms with Crippen LogP contribution in [0, 0.1) is 5.92 Å². The van der Waals surface area contributed by atoms with E-state index < -0.39 is 0 Å². The molecule has 1 aromatic rings. The van der Waals surface area contributed by atoms with E-state index in [0.29, 0.717) is 18.0 Å². The molecule has 0 bridgehead atoms. The highest BCUT2D eigenvalue weighted by molar-refractivity contribution is 5.94. The molecule has 1 aliphatic rings. The predicted molar refractivity (Wildman–Crippen MR) is 72.8 cm³/mol. The van der Waals surface area contributed by atoms with Crippen molar-refractivity contribution in [1.29, 1.82) is 0 Å². The van der Waals surface area contributed by atoms with Crippen molar-refractivity contribution in [3.63, 3.8) is 0 Å². The summed E-state index contributed by atoms with van der Waals surface area (Å²) < 4.78 is 0. The number of hydrogen-bond acceptors (Lipinski definition) is 4. The standard InChI is InChI=1S/C14H21N3O2/c1-17(13-5-3-2-4-10(13)7-15)14(19)11-6-12(18)9-16-8-11/h6,8-10,13,18H,2-5,7,15H2,1H3. The molecule has 0 aromatic carbocycles. The van der Waals surface area contributed by atoms with Crippen LogP contribution in [-0.2, 0) is 0 Å². The van der Waals surface area contributed by atoms with Crippen LogP contribution >= 0.6 is 0 Å². The van der Waals surface area contributed by atoms with E-state index in [0.717, 1.165) is 19.3 Å². The van der Waals surface area contributed by atoms with Gasteiger partial charge in [-0.2, -0.15) is 0 Å². The van der Waals surface area contributed by atoms with Crippen molar-refractivity contribution in [3.8, 4) is 5.75 Å². The number of nitrogens with two attached hydrogens (primary N) is 1. The number of carbonyl (C=O) groups excluding carboxylic acids is 1. The number of aromatic nitrogens is 1. The molecule has 3 N–H and O–H groups in total. The summed E-state index contributed by atoms with van der Waals surface area (Å²) in [6.07, 6.45) is 7.21. The number of carbonyl (C=O) groups is 1. The molecule has 1 heterocycles. The molecule has 5 nitrogen and oxygen atoms in total. The molecule has 0 spiro atoms. The number of amides is 1. The fraction of sp³-hybridized carbons (Fsp3) is 0.571. The first kappa shape index (κ1) is 13.8. The first-order chi connectivity index (χ1) is 9.13. The van der Waals surface area contributed by atoms with Crippen molar-refractivity contribution in [2.75, 3.05) is 13.6 Å². The van der Waals surface area contributed by atoms with E-state index in [1.165, 1.54) is 24.9 Å². The summed E-state index contributed by atoms with van der Waals surface area (Å²) in [5.74, 6) is 0.278. The molecular formula is C14H21N3O2. The van der Waals surface area contributed by atoms with E-state index in [1.54, 1.807) is 4.90 Å². The van der Waals surface area contributed by atoms with Crippen molar-refractivity contribution >= 4 is 5.91 Å². The van der Waals surface area contributed by atoms with Crippen molar-refractivity contribution in [3.05, 3.63) is 24.0 Å². The monoisotopic (exact) mass is 263 g/mol. The Bertz CT molecular complexity index is 450. The van der Waals surface area contributed by atoms with Gasteiger partial charge in [-0.25, -0.2) is 0 Å². The fourth-order valence-corrected chi connectivity index (χ4v) is 2.87. The highest BCUT2D eigenvalue weighted by Gasteiger charge is 2.30. The van der Waals surface area contributed by atoms with Crippen LogP contribution in [0.15, 0.2) is 18.5 Å². The predicted octanol–water partition coefficient (Wildman–Crippen LogP) is 1.38. The molecule has 2 rings (SSSR count). The molecule has 2 atom stereocenters. The molecule has 1 fully saturated rings. The van der Waals surface area contributed by atoms with Gasteiger partial charge in [0.15, 0.2) is 0 Å². The van der Waals surface area contributed by atoms with Gasteiger partial charge in [0.05, 0.1) is 11.8 Å². The van der Waals surface area contributed by atoms with E-state index in [4.69, 9.17) is 5.73 Å². The van der Waals surface area contributed by atoms with Crippen molar-refractivity contribution in [2.24, 2.45) is 11.7 Å². The Kier molecular flexibility index (Phi) is 4.37. The van der Waals surface area contributed by atoms with Crippen LogP contribution in [0.1, 0.15) is 36.0 Å². The smallest absolute Gasteiger partial charge is 0.255 e. The van der Waals surface area contributed by atoms with Crippen LogP contribution in [0.5, 0.6) is 5.75 Å². The zero-order chi connectivity index (χ0) is 13.8. The largest absolute Gasteiger partial charge is 0.506 e. The minimum Gasteiger partial charge on any atom is -0.506 e. The van der Waals surface area contributed by atoms with Gasteiger partial charge in [0.25, 0.3) is 5.91 Å². The van der Waals surface area contributed by atoms with E-state index in [-0.39, 0.29) is 17.7 Å². The third-order valence-electron chi connectivity index (χ3n) is 3.96.